The average molecular weight is 966 g/mol. The first-order chi connectivity index (χ1) is 36.3. The van der Waals surface area contributed by atoms with E-state index in [2.05, 4.69) is 218 Å². The van der Waals surface area contributed by atoms with Crippen molar-refractivity contribution in [3.05, 3.63) is 210 Å². The van der Waals surface area contributed by atoms with Gasteiger partial charge in [-0.05, 0) is 115 Å². The van der Waals surface area contributed by atoms with Crippen LogP contribution < -0.4 is 9.64 Å². The van der Waals surface area contributed by atoms with Gasteiger partial charge in [-0.1, -0.05) is 178 Å². The van der Waals surface area contributed by atoms with Crippen LogP contribution in [0.4, 0.5) is 17.1 Å². The number of anilines is 2. The van der Waals surface area contributed by atoms with Gasteiger partial charge < -0.3 is 14.2 Å². The Bertz CT molecular complexity index is 4300. The minimum atomic E-state index is -1.63. The number of ether oxygens (including phenoxy) is 1. The number of fused-ring (bicyclic) bond motifs is 10. The van der Waals surface area contributed by atoms with Gasteiger partial charge in [0, 0.05) is 53.9 Å². The fourth-order valence-corrected chi connectivity index (χ4v) is 11.1. The first kappa shape index (κ1) is 44.3. The van der Waals surface area contributed by atoms with E-state index in [1.807, 2.05) is 45.2 Å². The van der Waals surface area contributed by atoms with Gasteiger partial charge in [0.2, 0.25) is 0 Å². The third-order valence-corrected chi connectivity index (χ3v) is 14.6. The maximum atomic E-state index is 9.60. The van der Waals surface area contributed by atoms with Gasteiger partial charge in [0.25, 0.3) is 0 Å². The van der Waals surface area contributed by atoms with Gasteiger partial charge in [0.15, 0.2) is 5.69 Å². The van der Waals surface area contributed by atoms with Crippen molar-refractivity contribution < 1.29 is 7.48 Å². The topological polar surface area (TPSA) is 39.6 Å². The molecule has 74 heavy (non-hydrogen) atoms. The van der Waals surface area contributed by atoms with Crippen LogP contribution in [-0.4, -0.2) is 14.1 Å². The number of para-hydroxylation sites is 3. The van der Waals surface area contributed by atoms with Gasteiger partial charge in [-0.15, -0.1) is 0 Å². The Morgan fingerprint density at radius 2 is 1.18 bits per heavy atom. The second kappa shape index (κ2) is 17.4. The summed E-state index contributed by atoms with van der Waals surface area (Å²) in [5.74, 6) is 2.04. The van der Waals surface area contributed by atoms with E-state index in [0.29, 0.717) is 29.4 Å². The Morgan fingerprint density at radius 1 is 0.554 bits per heavy atom. The highest BCUT2D eigenvalue weighted by Crippen LogP contribution is 2.47. The molecular formula is C68H61N5O. The normalized spacial score (nSPS) is 13.5. The molecule has 0 spiro atoms. The summed E-state index contributed by atoms with van der Waals surface area (Å²) in [7, 11) is 0. The molecule has 0 unspecified atom stereocenters. The molecule has 6 nitrogen and oxygen atoms in total. The van der Waals surface area contributed by atoms with Crippen LogP contribution in [0.3, 0.4) is 0 Å². The molecule has 12 rings (SSSR count). The van der Waals surface area contributed by atoms with E-state index in [1.54, 1.807) is 0 Å². The Kier molecular flexibility index (Phi) is 10.4. The minimum Gasteiger partial charge on any atom is -0.459 e. The Labute approximate surface area is 437 Å². The maximum absolute atomic E-state index is 9.60. The van der Waals surface area contributed by atoms with Crippen molar-refractivity contribution in [3.8, 4) is 28.4 Å². The van der Waals surface area contributed by atoms with Crippen LogP contribution in [-0.2, 0) is 23.9 Å². The molecule has 0 saturated heterocycles. The SMILES string of the molecule is [2H]C([2H])(c1cc(-c2cccc3c4ccccc4c4ccccc4c4cccc5c4n(c23)CN5c2cc([N+]#[C-])cc(Oc3ccc4c5ccccc5n(-c5cc(C(C)(C)C)ccn5)c4c3)c2)cc(C(C)(C)C)c1)C(C)(C)C. The maximum Gasteiger partial charge on any atom is 0.192 e. The molecule has 3 aromatic heterocycles. The van der Waals surface area contributed by atoms with Crippen LogP contribution >= 0.6 is 0 Å². The number of nitrogens with zero attached hydrogens (tertiary/aromatic N) is 5. The molecule has 0 fully saturated rings. The van der Waals surface area contributed by atoms with Crippen LogP contribution in [0.15, 0.2) is 182 Å². The predicted octanol–water partition coefficient (Wildman–Crippen LogP) is 19.0. The van der Waals surface area contributed by atoms with Gasteiger partial charge in [-0.3, -0.25) is 4.57 Å². The standard InChI is InChI=1S/C68H61N5O/c1-66(2,3)41-43-33-44(35-46(34-43)68(7,8)9)51-24-17-25-58-54-21-13-11-19-52(54)53-20-12-14-22-55(53)59-26-18-28-61-65(59)72(64(51)58)42-71(61)48-37-47(69-10)38-50(39-48)74-49-29-30-57-56-23-15-16-27-60(56)73(62(57)40-49)63-36-45(31-32-70-63)67(4,5)6/h11-40H,41-42H2,1-9H3/i41D2. The molecule has 0 atom stereocenters. The zero-order valence-electron chi connectivity index (χ0n) is 45.7. The second-order valence-electron chi connectivity index (χ2n) is 23.0. The molecule has 0 N–H and O–H groups in total. The van der Waals surface area contributed by atoms with Crippen LogP contribution in [0.5, 0.6) is 11.5 Å². The summed E-state index contributed by atoms with van der Waals surface area (Å²) in [6, 6.07) is 61.8. The summed E-state index contributed by atoms with van der Waals surface area (Å²) in [5, 5.41) is 8.89. The van der Waals surface area contributed by atoms with E-state index in [9.17, 15) is 2.74 Å². The molecule has 0 saturated carbocycles. The Balaban J connectivity index is 1.08. The largest absolute Gasteiger partial charge is 0.459 e. The summed E-state index contributed by atoms with van der Waals surface area (Å²) in [4.78, 5) is 11.3. The average Bonchev–Trinajstić information content (AvgIpc) is 4.11. The number of pyridine rings is 1. The smallest absolute Gasteiger partial charge is 0.192 e. The van der Waals surface area contributed by atoms with Crippen molar-refractivity contribution >= 4 is 82.2 Å². The molecule has 0 radical (unpaired) electrons. The van der Waals surface area contributed by atoms with Crippen molar-refractivity contribution in [2.24, 2.45) is 5.41 Å². The van der Waals surface area contributed by atoms with Gasteiger partial charge in [-0.2, -0.15) is 0 Å². The summed E-state index contributed by atoms with van der Waals surface area (Å²) in [6.45, 7) is 28.1. The van der Waals surface area contributed by atoms with Gasteiger partial charge in [0.1, 0.15) is 24.0 Å². The fraction of sp³-hybridized carbons (Fsp3) is 0.206. The highest BCUT2D eigenvalue weighted by molar-refractivity contribution is 6.22. The van der Waals surface area contributed by atoms with Crippen LogP contribution in [0.25, 0.3) is 86.9 Å². The summed E-state index contributed by atoms with van der Waals surface area (Å²) in [6.07, 6.45) is 0.266. The highest BCUT2D eigenvalue weighted by atomic mass is 16.5. The van der Waals surface area contributed by atoms with Gasteiger partial charge in [-0.25, -0.2) is 9.83 Å². The molecule has 0 bridgehead atoms. The number of hydrogen-bond donors (Lipinski definition) is 0. The zero-order valence-corrected chi connectivity index (χ0v) is 43.7. The molecule has 11 aromatic rings. The lowest BCUT2D eigenvalue weighted by molar-refractivity contribution is 0.411. The van der Waals surface area contributed by atoms with Crippen molar-refractivity contribution in [2.75, 3.05) is 4.90 Å². The number of hydrogen-bond acceptors (Lipinski definition) is 3. The quantitative estimate of drug-likeness (QED) is 0.156. The summed E-state index contributed by atoms with van der Waals surface area (Å²) < 4.78 is 30.8. The number of rotatable bonds is 6. The molecular weight excluding hydrogens is 903 g/mol. The molecule has 0 amide bonds. The zero-order chi connectivity index (χ0) is 53.1. The van der Waals surface area contributed by atoms with Crippen molar-refractivity contribution in [1.82, 2.24) is 14.1 Å². The second-order valence-corrected chi connectivity index (χ2v) is 23.0. The van der Waals surface area contributed by atoms with Crippen molar-refractivity contribution in [2.45, 2.75) is 86.2 Å². The van der Waals surface area contributed by atoms with E-state index in [1.165, 1.54) is 5.56 Å². The molecule has 0 aliphatic carbocycles. The highest BCUT2D eigenvalue weighted by Gasteiger charge is 2.27. The monoisotopic (exact) mass is 966 g/mol. The van der Waals surface area contributed by atoms with Crippen LogP contribution in [0.2, 0.25) is 0 Å². The van der Waals surface area contributed by atoms with E-state index in [0.717, 1.165) is 99.0 Å². The molecule has 4 heterocycles. The van der Waals surface area contributed by atoms with E-state index >= 15 is 0 Å². The van der Waals surface area contributed by atoms with Crippen LogP contribution in [0, 0.1) is 12.0 Å². The molecule has 6 heteroatoms. The fourth-order valence-electron chi connectivity index (χ4n) is 11.1. The minimum absolute atomic E-state index is 0.0606. The van der Waals surface area contributed by atoms with Crippen LogP contribution in [0.1, 0.15) is 81.7 Å². The van der Waals surface area contributed by atoms with E-state index < -0.39 is 11.8 Å². The Morgan fingerprint density at radius 3 is 1.85 bits per heavy atom. The first-order valence-corrected chi connectivity index (χ1v) is 25.7. The van der Waals surface area contributed by atoms with E-state index in [4.69, 9.17) is 16.3 Å². The Hall–Kier alpha value is -8.40. The summed E-state index contributed by atoms with van der Waals surface area (Å²) >= 11 is 0. The van der Waals surface area contributed by atoms with Crippen molar-refractivity contribution in [1.29, 1.82) is 0 Å². The third-order valence-electron chi connectivity index (χ3n) is 14.6. The number of aromatic nitrogens is 3. The third kappa shape index (κ3) is 8.18. The van der Waals surface area contributed by atoms with Crippen molar-refractivity contribution in [3.63, 3.8) is 0 Å². The van der Waals surface area contributed by atoms with Gasteiger partial charge >= 0.3 is 0 Å². The first-order valence-electron chi connectivity index (χ1n) is 26.7. The molecule has 1 aliphatic rings. The van der Waals surface area contributed by atoms with E-state index in [-0.39, 0.29) is 10.8 Å². The molecule has 364 valence electrons. The summed E-state index contributed by atoms with van der Waals surface area (Å²) in [5.41, 5.74) is 10.3. The lowest BCUT2D eigenvalue weighted by Gasteiger charge is -2.25. The predicted molar refractivity (Wildman–Crippen MR) is 312 cm³/mol. The lowest BCUT2D eigenvalue weighted by atomic mass is 9.81. The lowest BCUT2D eigenvalue weighted by Crippen LogP contribution is -2.15. The van der Waals surface area contributed by atoms with Gasteiger partial charge in [0.05, 0.1) is 34.3 Å². The molecule has 1 aliphatic heterocycles. The molecule has 8 aromatic carbocycles. The number of benzene rings is 8.